The summed E-state index contributed by atoms with van der Waals surface area (Å²) in [5, 5.41) is 0.681. The van der Waals surface area contributed by atoms with Crippen LogP contribution in [-0.4, -0.2) is 53.8 Å². The third-order valence-electron chi connectivity index (χ3n) is 5.02. The van der Waals surface area contributed by atoms with Gasteiger partial charge in [-0.2, -0.15) is 0 Å². The Kier molecular flexibility index (Phi) is 7.46. The van der Waals surface area contributed by atoms with E-state index < -0.39 is 5.97 Å². The number of carbonyl (C=O) groups excluding carboxylic acids is 3. The summed E-state index contributed by atoms with van der Waals surface area (Å²) in [5.74, 6) is -0.111. The molecule has 0 N–H and O–H groups in total. The van der Waals surface area contributed by atoms with Gasteiger partial charge >= 0.3 is 5.97 Å². The summed E-state index contributed by atoms with van der Waals surface area (Å²) >= 11 is 5.90. The molecule has 2 aromatic rings. The van der Waals surface area contributed by atoms with Gasteiger partial charge in [0.1, 0.15) is 5.75 Å². The molecule has 0 radical (unpaired) electrons. The molecule has 158 valence electrons. The second-order valence-corrected chi connectivity index (χ2v) is 7.71. The van der Waals surface area contributed by atoms with Crippen molar-refractivity contribution in [2.75, 3.05) is 26.2 Å². The van der Waals surface area contributed by atoms with Crippen LogP contribution in [0.25, 0.3) is 0 Å². The standard InChI is InChI=1S/C23H25ClN2O4/c1-17(27)30-21-5-2-4-19(16-21)23(29)26-13-3-12-25(14-15-26)22(28)11-8-18-6-9-20(24)10-7-18/h2,4-7,9-10,16H,3,8,11-15H2,1H3. The van der Waals surface area contributed by atoms with Crippen LogP contribution < -0.4 is 4.74 Å². The Morgan fingerprint density at radius 1 is 0.967 bits per heavy atom. The predicted octanol–water partition coefficient (Wildman–Crippen LogP) is 3.57. The van der Waals surface area contributed by atoms with E-state index in [0.717, 1.165) is 12.0 Å². The Hall–Kier alpha value is -2.86. The van der Waals surface area contributed by atoms with Gasteiger partial charge in [-0.25, -0.2) is 0 Å². The van der Waals surface area contributed by atoms with Gasteiger partial charge in [0, 0.05) is 50.1 Å². The lowest BCUT2D eigenvalue weighted by atomic mass is 10.1. The van der Waals surface area contributed by atoms with E-state index in [0.29, 0.717) is 55.4 Å². The van der Waals surface area contributed by atoms with Gasteiger partial charge in [0.2, 0.25) is 5.91 Å². The second-order valence-electron chi connectivity index (χ2n) is 7.27. The molecule has 1 aliphatic heterocycles. The van der Waals surface area contributed by atoms with Crippen LogP contribution in [0.4, 0.5) is 0 Å². The molecular weight excluding hydrogens is 404 g/mol. The van der Waals surface area contributed by atoms with Crippen molar-refractivity contribution in [3.05, 3.63) is 64.7 Å². The van der Waals surface area contributed by atoms with Gasteiger partial charge in [-0.1, -0.05) is 29.8 Å². The quantitative estimate of drug-likeness (QED) is 0.539. The molecule has 1 aliphatic rings. The largest absolute Gasteiger partial charge is 0.427 e. The summed E-state index contributed by atoms with van der Waals surface area (Å²) in [6.07, 6.45) is 1.82. The van der Waals surface area contributed by atoms with Crippen LogP contribution in [0.1, 0.15) is 35.7 Å². The highest BCUT2D eigenvalue weighted by atomic mass is 35.5. The van der Waals surface area contributed by atoms with E-state index in [1.54, 1.807) is 29.2 Å². The fourth-order valence-corrected chi connectivity index (χ4v) is 3.60. The Labute approximate surface area is 181 Å². The van der Waals surface area contributed by atoms with Gasteiger partial charge in [-0.15, -0.1) is 0 Å². The Bertz CT molecular complexity index is 914. The normalized spacial score (nSPS) is 14.2. The number of halogens is 1. The molecule has 0 unspecified atom stereocenters. The molecule has 1 saturated heterocycles. The second kappa shape index (κ2) is 10.3. The van der Waals surface area contributed by atoms with Crippen molar-refractivity contribution in [2.24, 2.45) is 0 Å². The molecule has 1 fully saturated rings. The predicted molar refractivity (Wildman–Crippen MR) is 115 cm³/mol. The van der Waals surface area contributed by atoms with Crippen molar-refractivity contribution in [3.63, 3.8) is 0 Å². The Balaban J connectivity index is 1.55. The van der Waals surface area contributed by atoms with Crippen molar-refractivity contribution in [3.8, 4) is 5.75 Å². The molecule has 6 nitrogen and oxygen atoms in total. The number of benzene rings is 2. The molecule has 2 aromatic carbocycles. The number of rotatable bonds is 5. The van der Waals surface area contributed by atoms with Crippen LogP contribution in [0.2, 0.25) is 5.02 Å². The van der Waals surface area contributed by atoms with Gasteiger partial charge < -0.3 is 14.5 Å². The number of nitrogens with zero attached hydrogens (tertiary/aromatic N) is 2. The molecule has 0 aliphatic carbocycles. The first-order chi connectivity index (χ1) is 14.4. The van der Waals surface area contributed by atoms with E-state index in [2.05, 4.69) is 0 Å². The highest BCUT2D eigenvalue weighted by molar-refractivity contribution is 6.30. The van der Waals surface area contributed by atoms with E-state index in [4.69, 9.17) is 16.3 Å². The van der Waals surface area contributed by atoms with Crippen LogP contribution in [0.3, 0.4) is 0 Å². The average Bonchev–Trinajstić information content (AvgIpc) is 2.99. The van der Waals surface area contributed by atoms with Crippen LogP contribution in [0, 0.1) is 0 Å². The van der Waals surface area contributed by atoms with Gasteiger partial charge in [0.25, 0.3) is 5.91 Å². The molecule has 7 heteroatoms. The summed E-state index contributed by atoms with van der Waals surface area (Å²) < 4.78 is 5.07. The zero-order valence-corrected chi connectivity index (χ0v) is 17.7. The van der Waals surface area contributed by atoms with Crippen LogP contribution >= 0.6 is 11.6 Å². The molecule has 0 bridgehead atoms. The van der Waals surface area contributed by atoms with Crippen molar-refractivity contribution in [1.82, 2.24) is 9.80 Å². The summed E-state index contributed by atoms with van der Waals surface area (Å²) in [4.78, 5) is 40.2. The SMILES string of the molecule is CC(=O)Oc1cccc(C(=O)N2CCCN(C(=O)CCc3ccc(Cl)cc3)CC2)c1. The summed E-state index contributed by atoms with van der Waals surface area (Å²) in [5.41, 5.74) is 1.54. The molecule has 30 heavy (non-hydrogen) atoms. The average molecular weight is 429 g/mol. The van der Waals surface area contributed by atoms with Crippen molar-refractivity contribution >= 4 is 29.4 Å². The molecule has 0 aromatic heterocycles. The smallest absolute Gasteiger partial charge is 0.308 e. The minimum Gasteiger partial charge on any atom is -0.427 e. The summed E-state index contributed by atoms with van der Waals surface area (Å²) in [6, 6.07) is 14.1. The summed E-state index contributed by atoms with van der Waals surface area (Å²) in [7, 11) is 0. The third-order valence-corrected chi connectivity index (χ3v) is 5.27. The maximum absolute atomic E-state index is 12.9. The molecular formula is C23H25ClN2O4. The first kappa shape index (κ1) is 21.8. The number of hydrogen-bond donors (Lipinski definition) is 0. The van der Waals surface area contributed by atoms with E-state index in [9.17, 15) is 14.4 Å². The van der Waals surface area contributed by atoms with Crippen LogP contribution in [0.15, 0.2) is 48.5 Å². The topological polar surface area (TPSA) is 66.9 Å². The number of aryl methyl sites for hydroxylation is 1. The third kappa shape index (κ3) is 6.07. The Morgan fingerprint density at radius 3 is 2.40 bits per heavy atom. The molecule has 1 heterocycles. The lowest BCUT2D eigenvalue weighted by Crippen LogP contribution is -2.37. The van der Waals surface area contributed by atoms with Gasteiger partial charge in [0.05, 0.1) is 0 Å². The number of hydrogen-bond acceptors (Lipinski definition) is 4. The molecule has 2 amide bonds. The minimum atomic E-state index is -0.429. The van der Waals surface area contributed by atoms with Gasteiger partial charge in [0.15, 0.2) is 0 Å². The van der Waals surface area contributed by atoms with Crippen LogP contribution in [0.5, 0.6) is 5.75 Å². The fraction of sp³-hybridized carbons (Fsp3) is 0.348. The van der Waals surface area contributed by atoms with Gasteiger partial charge in [-0.05, 0) is 48.7 Å². The zero-order valence-electron chi connectivity index (χ0n) is 17.0. The lowest BCUT2D eigenvalue weighted by molar-refractivity contribution is -0.132. The molecule has 0 saturated carbocycles. The van der Waals surface area contributed by atoms with Crippen molar-refractivity contribution < 1.29 is 19.1 Å². The molecule has 3 rings (SSSR count). The number of ether oxygens (including phenoxy) is 1. The lowest BCUT2D eigenvalue weighted by Gasteiger charge is -2.22. The highest BCUT2D eigenvalue weighted by Gasteiger charge is 2.23. The maximum Gasteiger partial charge on any atom is 0.308 e. The maximum atomic E-state index is 12.9. The van der Waals surface area contributed by atoms with E-state index in [1.165, 1.54) is 6.92 Å². The minimum absolute atomic E-state index is 0.0936. The number of carbonyl (C=O) groups is 3. The van der Waals surface area contributed by atoms with E-state index >= 15 is 0 Å². The van der Waals surface area contributed by atoms with E-state index in [-0.39, 0.29) is 11.8 Å². The van der Waals surface area contributed by atoms with Crippen LogP contribution in [-0.2, 0) is 16.0 Å². The summed E-state index contributed by atoms with van der Waals surface area (Å²) in [6.45, 7) is 3.52. The number of esters is 1. The van der Waals surface area contributed by atoms with E-state index in [1.807, 2.05) is 29.2 Å². The molecule has 0 spiro atoms. The fourth-order valence-electron chi connectivity index (χ4n) is 3.47. The first-order valence-corrected chi connectivity index (χ1v) is 10.4. The zero-order chi connectivity index (χ0) is 21.5. The Morgan fingerprint density at radius 2 is 1.67 bits per heavy atom. The highest BCUT2D eigenvalue weighted by Crippen LogP contribution is 2.17. The monoisotopic (exact) mass is 428 g/mol. The number of amides is 2. The van der Waals surface area contributed by atoms with Crippen molar-refractivity contribution in [2.45, 2.75) is 26.2 Å². The first-order valence-electron chi connectivity index (χ1n) is 10.0. The molecule has 0 atom stereocenters. The van der Waals surface area contributed by atoms with Gasteiger partial charge in [-0.3, -0.25) is 14.4 Å². The van der Waals surface area contributed by atoms with Crippen molar-refractivity contribution in [1.29, 1.82) is 0 Å².